The lowest BCUT2D eigenvalue weighted by Crippen LogP contribution is -2.13. The number of nitrogens with zero attached hydrogens (tertiary/aromatic N) is 2. The van der Waals surface area contributed by atoms with E-state index in [0.717, 1.165) is 22.2 Å². The second kappa shape index (κ2) is 5.18. The molecule has 106 valence electrons. The number of H-pyrrole nitrogens is 1. The quantitative estimate of drug-likeness (QED) is 0.712. The Morgan fingerprint density at radius 2 is 2.10 bits per heavy atom. The fourth-order valence-electron chi connectivity index (χ4n) is 2.20. The molecule has 0 aliphatic rings. The van der Waals surface area contributed by atoms with Crippen LogP contribution < -0.4 is 5.32 Å². The van der Waals surface area contributed by atoms with Gasteiger partial charge in [0, 0.05) is 28.4 Å². The van der Waals surface area contributed by atoms with Crippen LogP contribution in [0.15, 0.2) is 30.5 Å². The van der Waals surface area contributed by atoms with Gasteiger partial charge in [-0.05, 0) is 55.3 Å². The van der Waals surface area contributed by atoms with Gasteiger partial charge in [0.15, 0.2) is 0 Å². The number of amides is 1. The van der Waals surface area contributed by atoms with Gasteiger partial charge in [0.05, 0.1) is 0 Å². The smallest absolute Gasteiger partial charge is 0.256 e. The summed E-state index contributed by atoms with van der Waals surface area (Å²) in [7, 11) is 0. The van der Waals surface area contributed by atoms with E-state index in [-0.39, 0.29) is 11.2 Å². The zero-order valence-corrected chi connectivity index (χ0v) is 12.3. The minimum absolute atomic E-state index is 0.0976. The highest BCUT2D eigenvalue weighted by Crippen LogP contribution is 2.22. The van der Waals surface area contributed by atoms with E-state index < -0.39 is 0 Å². The van der Waals surface area contributed by atoms with Crippen molar-refractivity contribution in [3.63, 3.8) is 0 Å². The van der Waals surface area contributed by atoms with Crippen LogP contribution in [-0.2, 0) is 0 Å². The molecule has 0 fully saturated rings. The van der Waals surface area contributed by atoms with E-state index in [1.807, 2.05) is 26.0 Å². The molecule has 3 aromatic rings. The number of carbonyl (C=O) groups excluding carboxylic acids is 1. The number of halogens is 1. The summed E-state index contributed by atoms with van der Waals surface area (Å²) >= 11 is 5.70. The molecular weight excluding hydrogens is 288 g/mol. The predicted octanol–water partition coefficient (Wildman–Crippen LogP) is 3.48. The van der Waals surface area contributed by atoms with Gasteiger partial charge < -0.3 is 10.3 Å². The van der Waals surface area contributed by atoms with Gasteiger partial charge in [-0.1, -0.05) is 0 Å². The van der Waals surface area contributed by atoms with Gasteiger partial charge in [-0.3, -0.25) is 4.79 Å². The van der Waals surface area contributed by atoms with Gasteiger partial charge in [0.25, 0.3) is 5.91 Å². The second-order valence-electron chi connectivity index (χ2n) is 4.80. The Balaban J connectivity index is 1.92. The highest BCUT2D eigenvalue weighted by atomic mass is 35.5. The summed E-state index contributed by atoms with van der Waals surface area (Å²) in [5, 5.41) is 3.85. The van der Waals surface area contributed by atoms with Crippen LogP contribution in [0.1, 0.15) is 21.6 Å². The molecule has 1 aromatic carbocycles. The van der Waals surface area contributed by atoms with Crippen molar-refractivity contribution in [3.8, 4) is 0 Å². The van der Waals surface area contributed by atoms with Crippen LogP contribution in [0.25, 0.3) is 10.9 Å². The Labute approximate surface area is 126 Å². The third-order valence-electron chi connectivity index (χ3n) is 3.44. The van der Waals surface area contributed by atoms with Crippen LogP contribution in [0, 0.1) is 13.8 Å². The van der Waals surface area contributed by atoms with Crippen molar-refractivity contribution in [1.82, 2.24) is 15.0 Å². The summed E-state index contributed by atoms with van der Waals surface area (Å²) in [5.41, 5.74) is 3.83. The molecule has 0 spiro atoms. The van der Waals surface area contributed by atoms with Crippen LogP contribution in [-0.4, -0.2) is 20.9 Å². The molecule has 0 aliphatic carbocycles. The lowest BCUT2D eigenvalue weighted by molar-refractivity contribution is 0.102. The first kappa shape index (κ1) is 13.6. The maximum Gasteiger partial charge on any atom is 0.256 e. The van der Waals surface area contributed by atoms with Gasteiger partial charge in [-0.25, -0.2) is 9.97 Å². The van der Waals surface area contributed by atoms with Crippen LogP contribution >= 0.6 is 11.6 Å². The molecule has 2 heterocycles. The molecule has 0 atom stereocenters. The SMILES string of the molecule is Cc1[nH]c2ccc(C(=O)Nc3ccnc(Cl)n3)cc2c1C. The molecule has 2 aromatic heterocycles. The van der Waals surface area contributed by atoms with E-state index in [2.05, 4.69) is 20.3 Å². The number of hydrogen-bond donors (Lipinski definition) is 2. The number of aromatic amines is 1. The molecule has 0 bridgehead atoms. The zero-order valence-electron chi connectivity index (χ0n) is 11.6. The minimum atomic E-state index is -0.232. The third kappa shape index (κ3) is 2.60. The van der Waals surface area contributed by atoms with Crippen molar-refractivity contribution in [2.24, 2.45) is 0 Å². The van der Waals surface area contributed by atoms with Crippen LogP contribution in [0.5, 0.6) is 0 Å². The monoisotopic (exact) mass is 300 g/mol. The van der Waals surface area contributed by atoms with Gasteiger partial charge in [0.2, 0.25) is 5.28 Å². The summed E-state index contributed by atoms with van der Waals surface area (Å²) in [6, 6.07) is 7.13. The predicted molar refractivity (Wildman–Crippen MR) is 82.8 cm³/mol. The first-order valence-corrected chi connectivity index (χ1v) is 6.81. The topological polar surface area (TPSA) is 70.7 Å². The van der Waals surface area contributed by atoms with Crippen molar-refractivity contribution in [1.29, 1.82) is 0 Å². The first-order valence-electron chi connectivity index (χ1n) is 6.43. The fourth-order valence-corrected chi connectivity index (χ4v) is 2.34. The Morgan fingerprint density at radius 1 is 1.29 bits per heavy atom. The number of rotatable bonds is 2. The van der Waals surface area contributed by atoms with E-state index in [1.165, 1.54) is 6.20 Å². The molecule has 2 N–H and O–H groups in total. The Bertz CT molecular complexity index is 841. The second-order valence-corrected chi connectivity index (χ2v) is 5.14. The van der Waals surface area contributed by atoms with E-state index in [4.69, 9.17) is 11.6 Å². The standard InChI is InChI=1S/C15H13ClN4O/c1-8-9(2)18-12-4-3-10(7-11(8)12)14(21)19-13-5-6-17-15(16)20-13/h3-7,18H,1-2H3,(H,17,19,20,21). The molecule has 0 unspecified atom stereocenters. The summed E-state index contributed by atoms with van der Waals surface area (Å²) in [5.74, 6) is 0.145. The van der Waals surface area contributed by atoms with Crippen LogP contribution in [0.3, 0.4) is 0 Å². The molecule has 0 radical (unpaired) electrons. The van der Waals surface area contributed by atoms with Crippen molar-refractivity contribution in [3.05, 3.63) is 52.6 Å². The lowest BCUT2D eigenvalue weighted by atomic mass is 10.1. The Morgan fingerprint density at radius 3 is 2.86 bits per heavy atom. The van der Waals surface area contributed by atoms with Crippen molar-refractivity contribution in [2.45, 2.75) is 13.8 Å². The normalized spacial score (nSPS) is 10.8. The molecule has 6 heteroatoms. The molecule has 3 rings (SSSR count). The molecule has 0 saturated heterocycles. The minimum Gasteiger partial charge on any atom is -0.358 e. The number of nitrogens with one attached hydrogen (secondary N) is 2. The largest absolute Gasteiger partial charge is 0.358 e. The number of aryl methyl sites for hydroxylation is 2. The molecular formula is C15H13ClN4O. The van der Waals surface area contributed by atoms with E-state index in [0.29, 0.717) is 11.4 Å². The highest BCUT2D eigenvalue weighted by molar-refractivity contribution is 6.28. The number of benzene rings is 1. The Hall–Kier alpha value is -2.40. The number of anilines is 1. The van der Waals surface area contributed by atoms with Crippen LogP contribution in [0.2, 0.25) is 5.28 Å². The van der Waals surface area contributed by atoms with E-state index in [9.17, 15) is 4.79 Å². The zero-order chi connectivity index (χ0) is 15.0. The maximum atomic E-state index is 12.3. The average molecular weight is 301 g/mol. The number of carbonyl (C=O) groups is 1. The summed E-state index contributed by atoms with van der Waals surface area (Å²) in [6.07, 6.45) is 1.49. The van der Waals surface area contributed by atoms with Crippen molar-refractivity contribution in [2.75, 3.05) is 5.32 Å². The van der Waals surface area contributed by atoms with Gasteiger partial charge in [-0.2, -0.15) is 0 Å². The van der Waals surface area contributed by atoms with E-state index >= 15 is 0 Å². The van der Waals surface area contributed by atoms with E-state index in [1.54, 1.807) is 12.1 Å². The number of aromatic nitrogens is 3. The first-order chi connectivity index (χ1) is 10.0. The van der Waals surface area contributed by atoms with Crippen molar-refractivity contribution < 1.29 is 4.79 Å². The summed E-state index contributed by atoms with van der Waals surface area (Å²) in [4.78, 5) is 23.3. The molecule has 21 heavy (non-hydrogen) atoms. The molecule has 0 aliphatic heterocycles. The lowest BCUT2D eigenvalue weighted by Gasteiger charge is -2.04. The fraction of sp³-hybridized carbons (Fsp3) is 0.133. The Kier molecular flexibility index (Phi) is 3.35. The summed E-state index contributed by atoms with van der Waals surface area (Å²) in [6.45, 7) is 4.04. The molecule has 5 nitrogen and oxygen atoms in total. The highest BCUT2D eigenvalue weighted by Gasteiger charge is 2.11. The third-order valence-corrected chi connectivity index (χ3v) is 3.62. The van der Waals surface area contributed by atoms with Gasteiger partial charge in [-0.15, -0.1) is 0 Å². The van der Waals surface area contributed by atoms with Gasteiger partial charge in [0.1, 0.15) is 5.82 Å². The number of hydrogen-bond acceptors (Lipinski definition) is 3. The average Bonchev–Trinajstić information content (AvgIpc) is 2.74. The molecule has 0 saturated carbocycles. The molecule has 1 amide bonds. The van der Waals surface area contributed by atoms with Gasteiger partial charge >= 0.3 is 0 Å². The van der Waals surface area contributed by atoms with Crippen molar-refractivity contribution >= 4 is 34.2 Å². The summed E-state index contributed by atoms with van der Waals surface area (Å²) < 4.78 is 0. The van der Waals surface area contributed by atoms with Crippen LogP contribution in [0.4, 0.5) is 5.82 Å². The maximum absolute atomic E-state index is 12.3. The number of fused-ring (bicyclic) bond motifs is 1.